The van der Waals surface area contributed by atoms with Crippen LogP contribution in [0.2, 0.25) is 0 Å². The zero-order valence-corrected chi connectivity index (χ0v) is 13.4. The lowest BCUT2D eigenvalue weighted by atomic mass is 10.1. The smallest absolute Gasteiger partial charge is 0.266 e. The van der Waals surface area contributed by atoms with Gasteiger partial charge >= 0.3 is 0 Å². The van der Waals surface area contributed by atoms with Crippen LogP contribution in [0.4, 0.5) is 0 Å². The lowest BCUT2D eigenvalue weighted by Gasteiger charge is -2.30. The molecule has 0 radical (unpaired) electrons. The van der Waals surface area contributed by atoms with Crippen molar-refractivity contribution in [1.82, 2.24) is 9.88 Å². The molecule has 1 heterocycles. The topological polar surface area (TPSA) is 53.4 Å². The summed E-state index contributed by atoms with van der Waals surface area (Å²) in [5.41, 5.74) is 3.55. The van der Waals surface area contributed by atoms with Crippen molar-refractivity contribution in [2.45, 2.75) is 32.4 Å². The lowest BCUT2D eigenvalue weighted by molar-refractivity contribution is 0.0535. The van der Waals surface area contributed by atoms with Crippen molar-refractivity contribution in [1.29, 1.82) is 0 Å². The summed E-state index contributed by atoms with van der Waals surface area (Å²) in [6, 6.07) is 9.84. The second-order valence-corrected chi connectivity index (χ2v) is 6.63. The maximum absolute atomic E-state index is 12.9. The molecule has 22 heavy (non-hydrogen) atoms. The minimum Gasteiger partial charge on any atom is -0.394 e. The van der Waals surface area contributed by atoms with Crippen LogP contribution < -0.4 is 0 Å². The van der Waals surface area contributed by atoms with Gasteiger partial charge in [-0.1, -0.05) is 30.3 Å². The number of carbonyl (C=O) groups is 1. The van der Waals surface area contributed by atoms with Crippen molar-refractivity contribution in [3.63, 3.8) is 0 Å². The van der Waals surface area contributed by atoms with Crippen molar-refractivity contribution in [2.75, 3.05) is 6.61 Å². The minimum atomic E-state index is -0.103. The van der Waals surface area contributed by atoms with E-state index < -0.39 is 0 Å². The van der Waals surface area contributed by atoms with Gasteiger partial charge in [0.1, 0.15) is 4.88 Å². The van der Waals surface area contributed by atoms with Crippen LogP contribution in [0.3, 0.4) is 0 Å². The summed E-state index contributed by atoms with van der Waals surface area (Å²) in [6.07, 6.45) is 2.18. The van der Waals surface area contributed by atoms with Crippen LogP contribution in [0.5, 0.6) is 0 Å². The van der Waals surface area contributed by atoms with Gasteiger partial charge in [0.15, 0.2) is 0 Å². The third-order valence-corrected chi connectivity index (χ3v) is 5.07. The first kappa shape index (κ1) is 15.2. The Hall–Kier alpha value is -1.72. The van der Waals surface area contributed by atoms with Crippen molar-refractivity contribution >= 4 is 17.2 Å². The number of aliphatic hydroxyl groups excluding tert-OH is 1. The average Bonchev–Trinajstić information content (AvgIpc) is 3.28. The number of aromatic nitrogens is 1. The monoisotopic (exact) mass is 316 g/mol. The van der Waals surface area contributed by atoms with Crippen LogP contribution in [-0.4, -0.2) is 33.5 Å². The summed E-state index contributed by atoms with van der Waals surface area (Å²) < 4.78 is 0. The fourth-order valence-electron chi connectivity index (χ4n) is 2.74. The molecule has 0 aliphatic heterocycles. The van der Waals surface area contributed by atoms with E-state index >= 15 is 0 Å². The van der Waals surface area contributed by atoms with E-state index in [1.165, 1.54) is 11.3 Å². The first-order chi connectivity index (χ1) is 10.7. The zero-order chi connectivity index (χ0) is 15.5. The number of hydrogen-bond acceptors (Lipinski definition) is 4. The van der Waals surface area contributed by atoms with Crippen LogP contribution >= 0.6 is 11.3 Å². The van der Waals surface area contributed by atoms with E-state index in [-0.39, 0.29) is 18.6 Å². The molecule has 1 fully saturated rings. The normalized spacial score (nSPS) is 15.5. The average molecular weight is 316 g/mol. The lowest BCUT2D eigenvalue weighted by Crippen LogP contribution is -2.43. The molecule has 0 spiro atoms. The Bertz CT molecular complexity index is 637. The Labute approximate surface area is 134 Å². The summed E-state index contributed by atoms with van der Waals surface area (Å²) in [7, 11) is 0. The number of aliphatic hydroxyl groups is 1. The van der Waals surface area contributed by atoms with Gasteiger partial charge in [-0.2, -0.15) is 0 Å². The summed E-state index contributed by atoms with van der Waals surface area (Å²) in [5, 5.41) is 9.79. The number of benzene rings is 1. The van der Waals surface area contributed by atoms with Gasteiger partial charge in [0, 0.05) is 6.54 Å². The molecule has 1 amide bonds. The molecule has 1 aromatic heterocycles. The highest BCUT2D eigenvalue weighted by Crippen LogP contribution is 2.36. The maximum Gasteiger partial charge on any atom is 0.266 e. The van der Waals surface area contributed by atoms with Gasteiger partial charge in [0.05, 0.1) is 23.9 Å². The third kappa shape index (κ3) is 3.20. The number of carbonyl (C=O) groups excluding carboxylic acids is 1. The minimum absolute atomic E-state index is 0.0150. The maximum atomic E-state index is 12.9. The quantitative estimate of drug-likeness (QED) is 0.891. The zero-order valence-electron chi connectivity index (χ0n) is 12.6. The van der Waals surface area contributed by atoms with Crippen molar-refractivity contribution in [2.24, 2.45) is 5.92 Å². The molecule has 5 heteroatoms. The molecule has 4 nitrogen and oxygen atoms in total. The number of aryl methyl sites for hydroxylation is 1. The summed E-state index contributed by atoms with van der Waals surface area (Å²) >= 11 is 1.37. The first-order valence-electron chi connectivity index (χ1n) is 7.56. The summed E-state index contributed by atoms with van der Waals surface area (Å²) in [5.74, 6) is 0.403. The van der Waals surface area contributed by atoms with Crippen molar-refractivity contribution in [3.05, 3.63) is 52.0 Å². The van der Waals surface area contributed by atoms with Gasteiger partial charge in [-0.25, -0.2) is 4.98 Å². The summed E-state index contributed by atoms with van der Waals surface area (Å²) in [4.78, 5) is 19.6. The van der Waals surface area contributed by atoms with Crippen LogP contribution in [0.25, 0.3) is 0 Å². The SMILES string of the molecule is Cc1ncsc1C(=O)N(Cc1ccccc1)[C@H](CO)C1CC1. The van der Waals surface area contributed by atoms with E-state index in [0.29, 0.717) is 17.3 Å². The molecule has 0 saturated heterocycles. The van der Waals surface area contributed by atoms with E-state index in [9.17, 15) is 9.90 Å². The Balaban J connectivity index is 1.88. The van der Waals surface area contributed by atoms with E-state index in [2.05, 4.69) is 4.98 Å². The molecule has 0 unspecified atom stereocenters. The molecule has 1 atom stereocenters. The molecule has 1 N–H and O–H groups in total. The fraction of sp³-hybridized carbons (Fsp3) is 0.412. The number of rotatable bonds is 6. The van der Waals surface area contributed by atoms with E-state index in [0.717, 1.165) is 24.1 Å². The molecule has 3 rings (SSSR count). The molecule has 0 bridgehead atoms. The van der Waals surface area contributed by atoms with E-state index in [1.807, 2.05) is 42.2 Å². The van der Waals surface area contributed by atoms with Gasteiger partial charge in [0.25, 0.3) is 5.91 Å². The Kier molecular flexibility index (Phi) is 4.55. The molecule has 2 aromatic rings. The van der Waals surface area contributed by atoms with Gasteiger partial charge in [0.2, 0.25) is 0 Å². The van der Waals surface area contributed by atoms with Crippen LogP contribution in [0.1, 0.15) is 33.8 Å². The molecule has 116 valence electrons. The second-order valence-electron chi connectivity index (χ2n) is 5.77. The Morgan fingerprint density at radius 3 is 2.68 bits per heavy atom. The van der Waals surface area contributed by atoms with Crippen LogP contribution in [0, 0.1) is 12.8 Å². The number of hydrogen-bond donors (Lipinski definition) is 1. The second kappa shape index (κ2) is 6.58. The van der Waals surface area contributed by atoms with Crippen LogP contribution in [-0.2, 0) is 6.54 Å². The predicted molar refractivity (Wildman–Crippen MR) is 86.8 cm³/mol. The van der Waals surface area contributed by atoms with Gasteiger partial charge < -0.3 is 10.0 Å². The first-order valence-corrected chi connectivity index (χ1v) is 8.44. The van der Waals surface area contributed by atoms with Crippen LogP contribution in [0.15, 0.2) is 35.8 Å². The highest BCUT2D eigenvalue weighted by atomic mass is 32.1. The van der Waals surface area contributed by atoms with Gasteiger partial charge in [-0.05, 0) is 31.2 Å². The van der Waals surface area contributed by atoms with Crippen molar-refractivity contribution < 1.29 is 9.90 Å². The van der Waals surface area contributed by atoms with E-state index in [1.54, 1.807) is 5.51 Å². The molecular weight excluding hydrogens is 296 g/mol. The Morgan fingerprint density at radius 1 is 1.41 bits per heavy atom. The fourth-order valence-corrected chi connectivity index (χ4v) is 3.50. The standard InChI is InChI=1S/C17H20N2O2S/c1-12-16(22-11-18-12)17(21)19(15(10-20)14-7-8-14)9-13-5-3-2-4-6-13/h2-6,11,14-15,20H,7-10H2,1H3/t15-/m1/s1. The highest BCUT2D eigenvalue weighted by molar-refractivity contribution is 7.11. The van der Waals surface area contributed by atoms with Gasteiger partial charge in [-0.15, -0.1) is 11.3 Å². The summed E-state index contributed by atoms with van der Waals surface area (Å²) in [6.45, 7) is 2.40. The molecule has 1 aromatic carbocycles. The number of nitrogens with zero attached hydrogens (tertiary/aromatic N) is 2. The predicted octanol–water partition coefficient (Wildman–Crippen LogP) is 2.86. The number of amides is 1. The molecule has 1 saturated carbocycles. The molecule has 1 aliphatic carbocycles. The van der Waals surface area contributed by atoms with Gasteiger partial charge in [-0.3, -0.25) is 4.79 Å². The van der Waals surface area contributed by atoms with Crippen molar-refractivity contribution in [3.8, 4) is 0 Å². The third-order valence-electron chi connectivity index (χ3n) is 4.15. The largest absolute Gasteiger partial charge is 0.394 e. The van der Waals surface area contributed by atoms with E-state index in [4.69, 9.17) is 0 Å². The Morgan fingerprint density at radius 2 is 2.14 bits per heavy atom. The molecule has 1 aliphatic rings. The number of thiazole rings is 1. The highest BCUT2D eigenvalue weighted by Gasteiger charge is 2.38. The molecular formula is C17H20N2O2S.